The Morgan fingerprint density at radius 1 is 1.22 bits per heavy atom. The molecule has 23 heavy (non-hydrogen) atoms. The molecule has 4 nitrogen and oxygen atoms in total. The van der Waals surface area contributed by atoms with Gasteiger partial charge in [-0.05, 0) is 37.1 Å². The summed E-state index contributed by atoms with van der Waals surface area (Å²) in [5.74, 6) is -0.223. The second-order valence-corrected chi connectivity index (χ2v) is 6.13. The topological polar surface area (TPSA) is 49.4 Å². The number of nitrogens with zero attached hydrogens (tertiary/aromatic N) is 1. The third-order valence-electron chi connectivity index (χ3n) is 4.25. The van der Waals surface area contributed by atoms with Gasteiger partial charge in [-0.3, -0.25) is 9.59 Å². The fourth-order valence-corrected chi connectivity index (χ4v) is 2.83. The van der Waals surface area contributed by atoms with Gasteiger partial charge in [-0.25, -0.2) is 0 Å². The number of hydrogen-bond donors (Lipinski definition) is 1. The van der Waals surface area contributed by atoms with Crippen LogP contribution >= 0.6 is 0 Å². The number of nitrogens with one attached hydrogen (secondary N) is 1. The van der Waals surface area contributed by atoms with E-state index in [-0.39, 0.29) is 17.4 Å². The van der Waals surface area contributed by atoms with Crippen LogP contribution in [0.4, 0.5) is 13.2 Å². The van der Waals surface area contributed by atoms with Crippen molar-refractivity contribution in [3.8, 4) is 0 Å². The van der Waals surface area contributed by atoms with Crippen LogP contribution < -0.4 is 5.32 Å². The number of carbonyl (C=O) groups is 2. The molecule has 1 atom stereocenters. The zero-order valence-electron chi connectivity index (χ0n) is 12.4. The van der Waals surface area contributed by atoms with Crippen LogP contribution in [0, 0.1) is 5.92 Å². The molecule has 0 radical (unpaired) electrons. The molecule has 1 saturated heterocycles. The maximum Gasteiger partial charge on any atom is 0.416 e. The van der Waals surface area contributed by atoms with E-state index in [0.29, 0.717) is 25.6 Å². The molecule has 2 aliphatic rings. The van der Waals surface area contributed by atoms with Crippen molar-refractivity contribution in [3.63, 3.8) is 0 Å². The predicted molar refractivity (Wildman–Crippen MR) is 76.6 cm³/mol. The summed E-state index contributed by atoms with van der Waals surface area (Å²) in [6.07, 6.45) is -1.89. The summed E-state index contributed by atoms with van der Waals surface area (Å²) in [6.45, 7) is 1.01. The van der Waals surface area contributed by atoms with E-state index in [4.69, 9.17) is 0 Å². The van der Waals surface area contributed by atoms with Gasteiger partial charge in [0.25, 0.3) is 5.91 Å². The Hall–Kier alpha value is -2.05. The van der Waals surface area contributed by atoms with E-state index in [1.165, 1.54) is 0 Å². The average Bonchev–Trinajstić information content (AvgIpc) is 3.27. The minimum atomic E-state index is -4.41. The first-order valence-electron chi connectivity index (χ1n) is 7.59. The first kappa shape index (κ1) is 15.8. The molecular formula is C16H17F3N2O2. The molecule has 1 aromatic carbocycles. The molecule has 0 unspecified atom stereocenters. The highest BCUT2D eigenvalue weighted by atomic mass is 19.4. The van der Waals surface area contributed by atoms with E-state index in [1.807, 2.05) is 4.90 Å². The quantitative estimate of drug-likeness (QED) is 0.924. The maximum atomic E-state index is 12.5. The summed E-state index contributed by atoms with van der Waals surface area (Å²) in [6, 6.07) is 4.48. The van der Waals surface area contributed by atoms with Crippen molar-refractivity contribution in [1.29, 1.82) is 0 Å². The minimum absolute atomic E-state index is 0.0708. The van der Waals surface area contributed by atoms with Gasteiger partial charge in [0, 0.05) is 37.0 Å². The van der Waals surface area contributed by atoms with E-state index in [9.17, 15) is 22.8 Å². The lowest BCUT2D eigenvalue weighted by atomic mass is 10.1. The van der Waals surface area contributed by atoms with Crippen molar-refractivity contribution in [2.45, 2.75) is 31.5 Å². The molecule has 0 aromatic heterocycles. The molecule has 3 rings (SSSR count). The van der Waals surface area contributed by atoms with Crippen molar-refractivity contribution in [3.05, 3.63) is 35.4 Å². The van der Waals surface area contributed by atoms with Gasteiger partial charge < -0.3 is 10.2 Å². The first-order valence-corrected chi connectivity index (χ1v) is 7.59. The van der Waals surface area contributed by atoms with E-state index in [2.05, 4.69) is 5.32 Å². The van der Waals surface area contributed by atoms with E-state index in [0.717, 1.165) is 37.1 Å². The van der Waals surface area contributed by atoms with Gasteiger partial charge in [0.15, 0.2) is 0 Å². The third kappa shape index (κ3) is 3.65. The Labute approximate surface area is 131 Å². The van der Waals surface area contributed by atoms with Gasteiger partial charge in [-0.15, -0.1) is 0 Å². The number of halogens is 3. The van der Waals surface area contributed by atoms with Gasteiger partial charge in [-0.2, -0.15) is 13.2 Å². The number of alkyl halides is 3. The van der Waals surface area contributed by atoms with Crippen LogP contribution in [0.3, 0.4) is 0 Å². The highest BCUT2D eigenvalue weighted by molar-refractivity contribution is 5.94. The van der Waals surface area contributed by atoms with E-state index >= 15 is 0 Å². The molecule has 0 spiro atoms. The SMILES string of the molecule is O=C(NC[C@H]1CC(=O)N(C2CC2)C1)c1ccc(C(F)(F)F)cc1. The van der Waals surface area contributed by atoms with Crippen LogP contribution in [0.2, 0.25) is 0 Å². The van der Waals surface area contributed by atoms with Crippen LogP contribution in [0.15, 0.2) is 24.3 Å². The van der Waals surface area contributed by atoms with Gasteiger partial charge in [-0.1, -0.05) is 0 Å². The Morgan fingerprint density at radius 2 is 1.87 bits per heavy atom. The summed E-state index contributed by atoms with van der Waals surface area (Å²) in [4.78, 5) is 25.7. The molecule has 1 saturated carbocycles. The predicted octanol–water partition coefficient (Wildman–Crippen LogP) is 2.45. The largest absolute Gasteiger partial charge is 0.416 e. The molecule has 1 aromatic rings. The zero-order chi connectivity index (χ0) is 16.6. The number of rotatable bonds is 4. The summed E-state index contributed by atoms with van der Waals surface area (Å²) >= 11 is 0. The summed E-state index contributed by atoms with van der Waals surface area (Å²) in [5, 5.41) is 2.70. The summed E-state index contributed by atoms with van der Waals surface area (Å²) in [5.41, 5.74) is -0.600. The monoisotopic (exact) mass is 326 g/mol. The molecule has 124 valence electrons. The van der Waals surface area contributed by atoms with Crippen molar-refractivity contribution in [2.75, 3.05) is 13.1 Å². The van der Waals surface area contributed by atoms with Gasteiger partial charge in [0.2, 0.25) is 5.91 Å². The number of benzene rings is 1. The van der Waals surface area contributed by atoms with Gasteiger partial charge in [0.05, 0.1) is 5.56 Å². The molecule has 1 N–H and O–H groups in total. The second kappa shape index (κ2) is 5.86. The first-order chi connectivity index (χ1) is 10.8. The van der Waals surface area contributed by atoms with Crippen LogP contribution in [-0.4, -0.2) is 35.8 Å². The van der Waals surface area contributed by atoms with Crippen LogP contribution in [0.5, 0.6) is 0 Å². The highest BCUT2D eigenvalue weighted by Gasteiger charge is 2.39. The minimum Gasteiger partial charge on any atom is -0.352 e. The molecule has 1 aliphatic carbocycles. The normalized spacial score (nSPS) is 21.6. The maximum absolute atomic E-state index is 12.5. The van der Waals surface area contributed by atoms with Crippen molar-refractivity contribution in [1.82, 2.24) is 10.2 Å². The highest BCUT2D eigenvalue weighted by Crippen LogP contribution is 2.32. The van der Waals surface area contributed by atoms with E-state index < -0.39 is 17.6 Å². The number of amides is 2. The fraction of sp³-hybridized carbons (Fsp3) is 0.500. The second-order valence-electron chi connectivity index (χ2n) is 6.13. The summed E-state index contributed by atoms with van der Waals surface area (Å²) in [7, 11) is 0. The Kier molecular flexibility index (Phi) is 4.04. The van der Waals surface area contributed by atoms with Crippen molar-refractivity contribution in [2.24, 2.45) is 5.92 Å². The molecule has 1 heterocycles. The smallest absolute Gasteiger partial charge is 0.352 e. The van der Waals surface area contributed by atoms with Gasteiger partial charge in [0.1, 0.15) is 0 Å². The zero-order valence-corrected chi connectivity index (χ0v) is 12.4. The number of carbonyl (C=O) groups excluding carboxylic acids is 2. The summed E-state index contributed by atoms with van der Waals surface area (Å²) < 4.78 is 37.4. The molecule has 1 aliphatic heterocycles. The standard InChI is InChI=1S/C16H17F3N2O2/c17-16(18,19)12-3-1-11(2-4-12)15(23)20-8-10-7-14(22)21(9-10)13-5-6-13/h1-4,10,13H,5-9H2,(H,20,23)/t10-/m1/s1. The van der Waals surface area contributed by atoms with Crippen molar-refractivity contribution >= 4 is 11.8 Å². The molecule has 0 bridgehead atoms. The lowest BCUT2D eigenvalue weighted by molar-refractivity contribution is -0.137. The van der Waals surface area contributed by atoms with E-state index in [1.54, 1.807) is 0 Å². The van der Waals surface area contributed by atoms with Crippen LogP contribution in [-0.2, 0) is 11.0 Å². The Bertz CT molecular complexity index is 609. The Balaban J connectivity index is 1.52. The molecule has 2 amide bonds. The molecular weight excluding hydrogens is 309 g/mol. The Morgan fingerprint density at radius 3 is 2.43 bits per heavy atom. The fourth-order valence-electron chi connectivity index (χ4n) is 2.83. The lowest BCUT2D eigenvalue weighted by Crippen LogP contribution is -2.32. The van der Waals surface area contributed by atoms with Crippen molar-refractivity contribution < 1.29 is 22.8 Å². The number of likely N-dealkylation sites (tertiary alicyclic amines) is 1. The number of hydrogen-bond acceptors (Lipinski definition) is 2. The lowest BCUT2D eigenvalue weighted by Gasteiger charge is -2.15. The third-order valence-corrected chi connectivity index (χ3v) is 4.25. The molecule has 7 heteroatoms. The van der Waals surface area contributed by atoms with Crippen LogP contribution in [0.1, 0.15) is 35.2 Å². The van der Waals surface area contributed by atoms with Crippen LogP contribution in [0.25, 0.3) is 0 Å². The van der Waals surface area contributed by atoms with Gasteiger partial charge >= 0.3 is 6.18 Å². The molecule has 2 fully saturated rings. The average molecular weight is 326 g/mol.